The number of fused-ring (bicyclic) bond motifs is 1. The molecule has 0 aliphatic carbocycles. The van der Waals surface area contributed by atoms with Gasteiger partial charge in [0.25, 0.3) is 0 Å². The van der Waals surface area contributed by atoms with Crippen molar-refractivity contribution in [2.75, 3.05) is 22.6 Å². The average molecular weight is 459 g/mol. The lowest BCUT2D eigenvalue weighted by Gasteiger charge is -2.36. The van der Waals surface area contributed by atoms with E-state index in [0.717, 1.165) is 17.7 Å². The molecule has 0 saturated carbocycles. The third kappa shape index (κ3) is 4.48. The summed E-state index contributed by atoms with van der Waals surface area (Å²) in [7, 11) is 1.84. The number of hydrogen-bond acceptors (Lipinski definition) is 6. The number of amides is 1. The first-order valence-corrected chi connectivity index (χ1v) is 10.4. The zero-order chi connectivity index (χ0) is 23.9. The maximum atomic E-state index is 13.4. The molecule has 0 saturated heterocycles. The summed E-state index contributed by atoms with van der Waals surface area (Å²) in [6.07, 6.45) is 3.31. The van der Waals surface area contributed by atoms with Crippen LogP contribution in [0, 0.1) is 30.3 Å². The third-order valence-electron chi connectivity index (χ3n) is 5.50. The van der Waals surface area contributed by atoms with E-state index in [2.05, 4.69) is 25.7 Å². The van der Waals surface area contributed by atoms with Gasteiger partial charge in [0.1, 0.15) is 11.7 Å². The summed E-state index contributed by atoms with van der Waals surface area (Å²) in [6, 6.07) is 1.56. The first-order chi connectivity index (χ1) is 15.6. The predicted molar refractivity (Wildman–Crippen MR) is 117 cm³/mol. The molecule has 174 valence electrons. The molecule has 1 aromatic carbocycles. The third-order valence-corrected chi connectivity index (χ3v) is 5.50. The van der Waals surface area contributed by atoms with Gasteiger partial charge in [-0.2, -0.15) is 10.1 Å². The van der Waals surface area contributed by atoms with Gasteiger partial charge in [-0.25, -0.2) is 18.2 Å². The van der Waals surface area contributed by atoms with Crippen LogP contribution in [0.1, 0.15) is 30.7 Å². The minimum atomic E-state index is -1.49. The molecule has 1 aliphatic heterocycles. The number of aryl methyl sites for hydroxylation is 1. The number of hydrogen-bond donors (Lipinski definition) is 2. The summed E-state index contributed by atoms with van der Waals surface area (Å²) in [6.45, 7) is 6.20. The molecule has 2 N–H and O–H groups in total. The minimum absolute atomic E-state index is 0.0826. The Morgan fingerprint density at radius 2 is 1.85 bits per heavy atom. The van der Waals surface area contributed by atoms with Gasteiger partial charge >= 0.3 is 0 Å². The Kier molecular flexibility index (Phi) is 5.96. The standard InChI is InChI=1S/C22H24F3N7O/c1-11(2)19-21(33)29-18-12(3)28-22(30-20(18)31(19)4)26-7-14-8-27-32(10-14)9-13-5-15(23)17(25)16(24)6-13/h5-6,8,10-11,19H,7,9H2,1-4H3,(H,29,33)(H,26,28,30)/t19-/m0/s1. The molecule has 8 nitrogen and oxygen atoms in total. The van der Waals surface area contributed by atoms with Gasteiger partial charge in [-0.15, -0.1) is 0 Å². The van der Waals surface area contributed by atoms with Crippen LogP contribution in [0.15, 0.2) is 24.5 Å². The summed E-state index contributed by atoms with van der Waals surface area (Å²) in [5, 5.41) is 10.2. The Labute approximate surface area is 188 Å². The average Bonchev–Trinajstić information content (AvgIpc) is 3.18. The number of halogens is 3. The van der Waals surface area contributed by atoms with Crippen LogP contribution >= 0.6 is 0 Å². The molecule has 3 aromatic rings. The fourth-order valence-corrected chi connectivity index (χ4v) is 3.94. The van der Waals surface area contributed by atoms with Gasteiger partial charge in [-0.3, -0.25) is 9.48 Å². The van der Waals surface area contributed by atoms with Gasteiger partial charge in [0.15, 0.2) is 23.3 Å². The lowest BCUT2D eigenvalue weighted by molar-refractivity contribution is -0.118. The maximum Gasteiger partial charge on any atom is 0.247 e. The molecule has 0 fully saturated rings. The monoisotopic (exact) mass is 459 g/mol. The van der Waals surface area contributed by atoms with E-state index in [1.54, 1.807) is 19.3 Å². The zero-order valence-electron chi connectivity index (χ0n) is 18.7. The zero-order valence-corrected chi connectivity index (χ0v) is 18.7. The van der Waals surface area contributed by atoms with Crippen molar-refractivity contribution in [3.8, 4) is 0 Å². The highest BCUT2D eigenvalue weighted by Crippen LogP contribution is 2.34. The Morgan fingerprint density at radius 3 is 2.52 bits per heavy atom. The van der Waals surface area contributed by atoms with Crippen LogP contribution < -0.4 is 15.5 Å². The van der Waals surface area contributed by atoms with E-state index in [1.807, 2.05) is 25.8 Å². The van der Waals surface area contributed by atoms with Crippen molar-refractivity contribution in [1.29, 1.82) is 0 Å². The first-order valence-electron chi connectivity index (χ1n) is 10.4. The van der Waals surface area contributed by atoms with Crippen LogP contribution in [-0.4, -0.2) is 38.7 Å². The van der Waals surface area contributed by atoms with E-state index in [1.165, 1.54) is 4.68 Å². The molecule has 2 aromatic heterocycles. The smallest absolute Gasteiger partial charge is 0.247 e. The van der Waals surface area contributed by atoms with E-state index in [-0.39, 0.29) is 30.0 Å². The molecule has 33 heavy (non-hydrogen) atoms. The molecule has 0 bridgehead atoms. The molecule has 0 spiro atoms. The highest BCUT2D eigenvalue weighted by Gasteiger charge is 2.35. The topological polar surface area (TPSA) is 88.0 Å². The SMILES string of the molecule is Cc1nc(NCc2cnn(Cc3cc(F)c(F)c(F)c3)c2)nc2c1NC(=O)[C@H](C(C)C)N2C. The van der Waals surface area contributed by atoms with Crippen LogP contribution in [0.2, 0.25) is 0 Å². The summed E-state index contributed by atoms with van der Waals surface area (Å²) >= 11 is 0. The first kappa shape index (κ1) is 22.6. The van der Waals surface area contributed by atoms with Gasteiger partial charge in [-0.05, 0) is 30.5 Å². The summed E-state index contributed by atoms with van der Waals surface area (Å²) in [5.41, 5.74) is 2.28. The van der Waals surface area contributed by atoms with E-state index in [0.29, 0.717) is 29.7 Å². The summed E-state index contributed by atoms with van der Waals surface area (Å²) in [4.78, 5) is 23.3. The van der Waals surface area contributed by atoms with E-state index in [9.17, 15) is 18.0 Å². The van der Waals surface area contributed by atoms with Crippen LogP contribution in [0.25, 0.3) is 0 Å². The number of nitrogens with zero attached hydrogens (tertiary/aromatic N) is 5. The Morgan fingerprint density at radius 1 is 1.15 bits per heavy atom. The van der Waals surface area contributed by atoms with Crippen molar-refractivity contribution in [3.63, 3.8) is 0 Å². The lowest BCUT2D eigenvalue weighted by atomic mass is 9.99. The number of rotatable bonds is 6. The molecular formula is C22H24F3N7O. The van der Waals surface area contributed by atoms with Crippen LogP contribution in [-0.2, 0) is 17.9 Å². The molecule has 11 heteroatoms. The molecule has 1 amide bonds. The van der Waals surface area contributed by atoms with Crippen molar-refractivity contribution in [2.24, 2.45) is 5.92 Å². The van der Waals surface area contributed by atoms with Crippen molar-refractivity contribution < 1.29 is 18.0 Å². The van der Waals surface area contributed by atoms with Gasteiger partial charge in [0.05, 0.1) is 18.4 Å². The summed E-state index contributed by atoms with van der Waals surface area (Å²) < 4.78 is 41.5. The highest BCUT2D eigenvalue weighted by atomic mass is 19.2. The lowest BCUT2D eigenvalue weighted by Crippen LogP contribution is -2.49. The molecule has 1 aliphatic rings. The highest BCUT2D eigenvalue weighted by molar-refractivity contribution is 6.03. The second-order valence-corrected chi connectivity index (χ2v) is 8.39. The molecule has 4 rings (SSSR count). The molecule has 0 radical (unpaired) electrons. The molecule has 3 heterocycles. The molecule has 1 atom stereocenters. The van der Waals surface area contributed by atoms with E-state index >= 15 is 0 Å². The van der Waals surface area contributed by atoms with Gasteiger partial charge in [0, 0.05) is 25.4 Å². The number of carbonyl (C=O) groups is 1. The van der Waals surface area contributed by atoms with E-state index in [4.69, 9.17) is 0 Å². The number of likely N-dealkylation sites (N-methyl/N-ethyl adjacent to an activating group) is 1. The van der Waals surface area contributed by atoms with Crippen LogP contribution in [0.5, 0.6) is 0 Å². The normalized spacial score (nSPS) is 15.6. The van der Waals surface area contributed by atoms with Gasteiger partial charge < -0.3 is 15.5 Å². The summed E-state index contributed by atoms with van der Waals surface area (Å²) in [5.74, 6) is -2.91. The number of nitrogens with one attached hydrogen (secondary N) is 2. The Balaban J connectivity index is 1.47. The fraction of sp³-hybridized carbons (Fsp3) is 0.364. The van der Waals surface area contributed by atoms with Crippen LogP contribution in [0.4, 0.5) is 30.6 Å². The quantitative estimate of drug-likeness (QED) is 0.549. The Hall–Kier alpha value is -3.63. The van der Waals surface area contributed by atoms with Crippen molar-refractivity contribution in [3.05, 3.63) is 58.8 Å². The van der Waals surface area contributed by atoms with Gasteiger partial charge in [0.2, 0.25) is 11.9 Å². The maximum absolute atomic E-state index is 13.4. The minimum Gasteiger partial charge on any atom is -0.350 e. The number of carbonyl (C=O) groups excluding carboxylic acids is 1. The largest absolute Gasteiger partial charge is 0.350 e. The number of aromatic nitrogens is 4. The molecule has 0 unspecified atom stereocenters. The second-order valence-electron chi connectivity index (χ2n) is 8.39. The van der Waals surface area contributed by atoms with E-state index < -0.39 is 17.5 Å². The van der Waals surface area contributed by atoms with Crippen molar-refractivity contribution >= 4 is 23.4 Å². The molecular weight excluding hydrogens is 435 g/mol. The predicted octanol–water partition coefficient (Wildman–Crippen LogP) is 3.47. The Bertz CT molecular complexity index is 1190. The van der Waals surface area contributed by atoms with Crippen molar-refractivity contribution in [2.45, 2.75) is 39.9 Å². The van der Waals surface area contributed by atoms with Crippen molar-refractivity contribution in [1.82, 2.24) is 19.7 Å². The fourth-order valence-electron chi connectivity index (χ4n) is 3.94. The second kappa shape index (κ2) is 8.72. The van der Waals surface area contributed by atoms with Gasteiger partial charge in [-0.1, -0.05) is 13.8 Å². The van der Waals surface area contributed by atoms with Crippen LogP contribution in [0.3, 0.4) is 0 Å². The number of benzene rings is 1. The number of anilines is 3.